The minimum absolute atomic E-state index is 0.0239. The summed E-state index contributed by atoms with van der Waals surface area (Å²) in [7, 11) is 0. The fourth-order valence-corrected chi connectivity index (χ4v) is 3.84. The van der Waals surface area contributed by atoms with Crippen LogP contribution >= 0.6 is 27.5 Å². The zero-order valence-electron chi connectivity index (χ0n) is 16.4. The smallest absolute Gasteiger partial charge is 0.280 e. The number of hydrazone groups is 1. The largest absolute Gasteiger partial charge is 0.457 e. The summed E-state index contributed by atoms with van der Waals surface area (Å²) < 4.78 is 6.40. The molecule has 0 atom stereocenters. The van der Waals surface area contributed by atoms with Gasteiger partial charge in [0.15, 0.2) is 0 Å². The van der Waals surface area contributed by atoms with Gasteiger partial charge in [-0.1, -0.05) is 17.7 Å². The highest BCUT2D eigenvalue weighted by Gasteiger charge is 2.29. The van der Waals surface area contributed by atoms with E-state index in [9.17, 15) is 14.9 Å². The fourth-order valence-electron chi connectivity index (χ4n) is 3.11. The monoisotopic (exact) mass is 499 g/mol. The molecule has 7 nitrogen and oxygen atoms in total. The topological polar surface area (TPSA) is 89.0 Å². The Bertz CT molecular complexity index is 1300. The van der Waals surface area contributed by atoms with E-state index in [0.29, 0.717) is 43.6 Å². The van der Waals surface area contributed by atoms with E-state index < -0.39 is 4.92 Å². The average Bonchev–Trinajstić information content (AvgIpc) is 3.30. The number of aryl methyl sites for hydroxylation is 1. The molecule has 9 heteroatoms. The Hall–Kier alpha value is -3.23. The lowest BCUT2D eigenvalue weighted by Gasteiger charge is -2.12. The zero-order chi connectivity index (χ0) is 22.3. The van der Waals surface area contributed by atoms with E-state index in [1.54, 1.807) is 43.3 Å². The van der Waals surface area contributed by atoms with Gasteiger partial charge in [-0.3, -0.25) is 14.9 Å². The Balaban J connectivity index is 1.62. The van der Waals surface area contributed by atoms with E-state index in [1.165, 1.54) is 17.1 Å². The number of hydrogen-bond donors (Lipinski definition) is 0. The van der Waals surface area contributed by atoms with Gasteiger partial charge in [0.1, 0.15) is 11.5 Å². The van der Waals surface area contributed by atoms with Crippen molar-refractivity contribution in [3.8, 4) is 11.3 Å². The average molecular weight is 501 g/mol. The van der Waals surface area contributed by atoms with E-state index in [0.717, 1.165) is 5.56 Å². The predicted molar refractivity (Wildman–Crippen MR) is 123 cm³/mol. The molecular formula is C22H15BrClN3O4. The van der Waals surface area contributed by atoms with Crippen molar-refractivity contribution in [1.82, 2.24) is 0 Å². The Morgan fingerprint density at radius 3 is 2.61 bits per heavy atom. The third-order valence-electron chi connectivity index (χ3n) is 4.80. The van der Waals surface area contributed by atoms with Crippen LogP contribution in [0, 0.1) is 17.0 Å². The highest BCUT2D eigenvalue weighted by Crippen LogP contribution is 2.34. The number of nitrogens with zero attached hydrogens (tertiary/aromatic N) is 3. The third kappa shape index (κ3) is 4.04. The molecule has 1 aliphatic rings. The van der Waals surface area contributed by atoms with E-state index in [2.05, 4.69) is 21.0 Å². The number of benzene rings is 2. The molecular weight excluding hydrogens is 486 g/mol. The summed E-state index contributed by atoms with van der Waals surface area (Å²) in [6.45, 7) is 3.63. The van der Waals surface area contributed by atoms with Crippen LogP contribution in [-0.2, 0) is 4.79 Å². The molecule has 1 aliphatic heterocycles. The number of carbonyl (C=O) groups is 1. The van der Waals surface area contributed by atoms with E-state index in [-0.39, 0.29) is 11.6 Å². The lowest BCUT2D eigenvalue weighted by molar-refractivity contribution is -0.384. The van der Waals surface area contributed by atoms with Crippen LogP contribution in [0.2, 0.25) is 5.02 Å². The van der Waals surface area contributed by atoms with Crippen molar-refractivity contribution in [3.63, 3.8) is 0 Å². The number of nitro groups is 1. The van der Waals surface area contributed by atoms with Crippen molar-refractivity contribution in [2.75, 3.05) is 5.01 Å². The molecule has 31 heavy (non-hydrogen) atoms. The number of rotatable bonds is 4. The second kappa shape index (κ2) is 8.13. The minimum Gasteiger partial charge on any atom is -0.457 e. The maximum absolute atomic E-state index is 12.9. The lowest BCUT2D eigenvalue weighted by Crippen LogP contribution is -2.21. The van der Waals surface area contributed by atoms with E-state index >= 15 is 0 Å². The number of halogens is 2. The Kier molecular flexibility index (Phi) is 5.51. The number of anilines is 1. The number of furan rings is 1. The highest BCUT2D eigenvalue weighted by atomic mass is 79.9. The number of hydrogen-bond acceptors (Lipinski definition) is 5. The minimum atomic E-state index is -0.465. The van der Waals surface area contributed by atoms with Crippen LogP contribution in [0.25, 0.3) is 17.4 Å². The summed E-state index contributed by atoms with van der Waals surface area (Å²) in [4.78, 5) is 23.4. The third-order valence-corrected chi connectivity index (χ3v) is 5.87. The number of nitro benzene ring substituents is 1. The predicted octanol–water partition coefficient (Wildman–Crippen LogP) is 6.39. The molecule has 156 valence electrons. The summed E-state index contributed by atoms with van der Waals surface area (Å²) in [6.07, 6.45) is 1.62. The first kappa shape index (κ1) is 21.0. The Morgan fingerprint density at radius 2 is 1.94 bits per heavy atom. The summed E-state index contributed by atoms with van der Waals surface area (Å²) >= 11 is 9.53. The Labute approximate surface area is 190 Å². The molecule has 0 unspecified atom stereocenters. The van der Waals surface area contributed by atoms with Crippen molar-refractivity contribution in [3.05, 3.63) is 85.0 Å². The zero-order valence-corrected chi connectivity index (χ0v) is 18.8. The highest BCUT2D eigenvalue weighted by molar-refractivity contribution is 9.10. The molecule has 0 radical (unpaired) electrons. The molecule has 0 bridgehead atoms. The summed E-state index contributed by atoms with van der Waals surface area (Å²) in [5.41, 5.74) is 3.09. The van der Waals surface area contributed by atoms with E-state index in [4.69, 9.17) is 16.0 Å². The normalized spacial score (nSPS) is 15.0. The molecule has 3 aromatic rings. The second-order valence-corrected chi connectivity index (χ2v) is 8.18. The Morgan fingerprint density at radius 1 is 1.16 bits per heavy atom. The molecule has 0 saturated carbocycles. The first-order valence-electron chi connectivity index (χ1n) is 9.16. The molecule has 2 aromatic carbocycles. The van der Waals surface area contributed by atoms with Gasteiger partial charge in [0.05, 0.1) is 21.9 Å². The summed E-state index contributed by atoms with van der Waals surface area (Å²) in [5, 5.41) is 17.1. The molecule has 0 aliphatic carbocycles. The van der Waals surface area contributed by atoms with Crippen molar-refractivity contribution in [2.45, 2.75) is 13.8 Å². The van der Waals surface area contributed by atoms with Gasteiger partial charge in [0.25, 0.3) is 11.6 Å². The van der Waals surface area contributed by atoms with Gasteiger partial charge in [-0.05, 0) is 71.7 Å². The molecule has 0 spiro atoms. The standard InChI is InChI=1S/C22H15BrClN3O4/c1-12-3-4-14(10-20(12)24)26-22(28)18(13(2)25-26)11-16-6-8-21(31-16)17-7-5-15(27(29)30)9-19(17)23/h3-11H,1-2H3/b18-11+. The van der Waals surface area contributed by atoms with Crippen molar-refractivity contribution in [1.29, 1.82) is 0 Å². The second-order valence-electron chi connectivity index (χ2n) is 6.92. The van der Waals surface area contributed by atoms with Crippen LogP contribution in [0.15, 0.2) is 68.1 Å². The van der Waals surface area contributed by atoms with Crippen LogP contribution in [-0.4, -0.2) is 16.5 Å². The van der Waals surface area contributed by atoms with Gasteiger partial charge in [0, 0.05) is 27.2 Å². The molecule has 2 heterocycles. The molecule has 0 fully saturated rings. The van der Waals surface area contributed by atoms with Crippen LogP contribution in [0.4, 0.5) is 11.4 Å². The maximum Gasteiger partial charge on any atom is 0.280 e. The molecule has 0 saturated heterocycles. The van der Waals surface area contributed by atoms with Gasteiger partial charge in [-0.15, -0.1) is 0 Å². The molecule has 1 amide bonds. The van der Waals surface area contributed by atoms with Gasteiger partial charge in [-0.25, -0.2) is 0 Å². The van der Waals surface area contributed by atoms with Crippen molar-refractivity contribution in [2.24, 2.45) is 5.10 Å². The fraction of sp³-hybridized carbons (Fsp3) is 0.0909. The quantitative estimate of drug-likeness (QED) is 0.236. The van der Waals surface area contributed by atoms with Crippen LogP contribution < -0.4 is 5.01 Å². The van der Waals surface area contributed by atoms with Gasteiger partial charge in [0.2, 0.25) is 0 Å². The van der Waals surface area contributed by atoms with Crippen molar-refractivity contribution >= 4 is 56.6 Å². The van der Waals surface area contributed by atoms with Crippen LogP contribution in [0.1, 0.15) is 18.2 Å². The number of carbonyl (C=O) groups excluding carboxylic acids is 1. The first-order valence-corrected chi connectivity index (χ1v) is 10.3. The summed E-state index contributed by atoms with van der Waals surface area (Å²) in [6, 6.07) is 13.2. The maximum atomic E-state index is 12.9. The SMILES string of the molecule is CC1=NN(c2ccc(C)c(Cl)c2)C(=O)/C1=C/c1ccc(-c2ccc([N+](=O)[O-])cc2Br)o1. The number of non-ortho nitro benzene ring substituents is 1. The lowest BCUT2D eigenvalue weighted by atomic mass is 10.1. The van der Waals surface area contributed by atoms with Gasteiger partial charge in [-0.2, -0.15) is 10.1 Å². The molecule has 1 aromatic heterocycles. The van der Waals surface area contributed by atoms with Gasteiger partial charge < -0.3 is 4.42 Å². The van der Waals surface area contributed by atoms with Crippen molar-refractivity contribution < 1.29 is 14.1 Å². The first-order chi connectivity index (χ1) is 14.7. The van der Waals surface area contributed by atoms with E-state index in [1.807, 2.05) is 13.0 Å². The summed E-state index contributed by atoms with van der Waals surface area (Å²) in [5.74, 6) is 0.685. The van der Waals surface area contributed by atoms with Crippen LogP contribution in [0.5, 0.6) is 0 Å². The van der Waals surface area contributed by atoms with Crippen LogP contribution in [0.3, 0.4) is 0 Å². The number of amides is 1. The molecule has 4 rings (SSSR count). The van der Waals surface area contributed by atoms with Gasteiger partial charge >= 0.3 is 0 Å². The molecule has 0 N–H and O–H groups in total.